The van der Waals surface area contributed by atoms with Gasteiger partial charge in [0.2, 0.25) is 0 Å². The second-order valence-corrected chi connectivity index (χ2v) is 4.90. The number of rotatable bonds is 5. The number of hydrogen-bond acceptors (Lipinski definition) is 1. The minimum Gasteiger partial charge on any atom is -0.347 e. The summed E-state index contributed by atoms with van der Waals surface area (Å²) in [6, 6.07) is 10.2. The van der Waals surface area contributed by atoms with Crippen LogP contribution in [0.5, 0.6) is 0 Å². The van der Waals surface area contributed by atoms with Crippen molar-refractivity contribution >= 4 is 11.6 Å². The van der Waals surface area contributed by atoms with Crippen molar-refractivity contribution in [2.45, 2.75) is 26.9 Å². The van der Waals surface area contributed by atoms with Gasteiger partial charge in [0, 0.05) is 30.0 Å². The van der Waals surface area contributed by atoms with E-state index in [1.165, 1.54) is 16.8 Å². The molecule has 0 saturated carbocycles. The lowest BCUT2D eigenvalue weighted by Gasteiger charge is -2.08. The lowest BCUT2D eigenvalue weighted by molar-refractivity contribution is 0.710. The molecule has 0 aliphatic rings. The Bertz CT molecular complexity index is 500. The van der Waals surface area contributed by atoms with E-state index >= 15 is 0 Å². The molecular formula is C15H19ClN2. The van der Waals surface area contributed by atoms with Crippen LogP contribution in [0.3, 0.4) is 0 Å². The maximum Gasteiger partial charge on any atom is 0.0472 e. The molecule has 3 heteroatoms. The summed E-state index contributed by atoms with van der Waals surface area (Å²) in [4.78, 5) is 0. The molecule has 0 spiro atoms. The molecule has 18 heavy (non-hydrogen) atoms. The monoisotopic (exact) mass is 262 g/mol. The molecule has 0 aliphatic heterocycles. The molecule has 0 unspecified atom stereocenters. The molecule has 2 nitrogen and oxygen atoms in total. The smallest absolute Gasteiger partial charge is 0.0472 e. The summed E-state index contributed by atoms with van der Waals surface area (Å²) in [7, 11) is 0. The van der Waals surface area contributed by atoms with Crippen molar-refractivity contribution in [1.29, 1.82) is 0 Å². The summed E-state index contributed by atoms with van der Waals surface area (Å²) < 4.78 is 2.27. The lowest BCUT2D eigenvalue weighted by Crippen LogP contribution is -2.12. The van der Waals surface area contributed by atoms with Crippen molar-refractivity contribution in [3.63, 3.8) is 0 Å². The van der Waals surface area contributed by atoms with Crippen LogP contribution in [0.15, 0.2) is 36.5 Å². The van der Waals surface area contributed by atoms with Crippen LogP contribution in [-0.2, 0) is 13.1 Å². The fraction of sp³-hybridized carbons (Fsp3) is 0.333. The largest absolute Gasteiger partial charge is 0.347 e. The van der Waals surface area contributed by atoms with Gasteiger partial charge in [-0.25, -0.2) is 0 Å². The van der Waals surface area contributed by atoms with Crippen molar-refractivity contribution in [3.05, 3.63) is 58.4 Å². The van der Waals surface area contributed by atoms with Gasteiger partial charge >= 0.3 is 0 Å². The first-order valence-corrected chi connectivity index (χ1v) is 6.68. The number of halogens is 1. The van der Waals surface area contributed by atoms with Crippen LogP contribution in [-0.4, -0.2) is 11.1 Å². The van der Waals surface area contributed by atoms with Gasteiger partial charge in [-0.2, -0.15) is 0 Å². The van der Waals surface area contributed by atoms with Crippen molar-refractivity contribution in [2.24, 2.45) is 0 Å². The van der Waals surface area contributed by atoms with E-state index in [-0.39, 0.29) is 0 Å². The summed E-state index contributed by atoms with van der Waals surface area (Å²) >= 11 is 5.89. The van der Waals surface area contributed by atoms with Gasteiger partial charge < -0.3 is 9.88 Å². The van der Waals surface area contributed by atoms with Crippen molar-refractivity contribution in [2.75, 3.05) is 6.54 Å². The molecule has 0 radical (unpaired) electrons. The van der Waals surface area contributed by atoms with Gasteiger partial charge in [0.15, 0.2) is 0 Å². The first-order valence-electron chi connectivity index (χ1n) is 6.30. The third-order valence-electron chi connectivity index (χ3n) is 3.18. The van der Waals surface area contributed by atoms with Crippen molar-refractivity contribution in [3.8, 4) is 0 Å². The van der Waals surface area contributed by atoms with Gasteiger partial charge in [0.25, 0.3) is 0 Å². The Labute approximate surface area is 114 Å². The molecule has 0 saturated heterocycles. The molecule has 2 rings (SSSR count). The zero-order valence-corrected chi connectivity index (χ0v) is 11.7. The average Bonchev–Trinajstić information content (AvgIpc) is 2.71. The third-order valence-corrected chi connectivity index (χ3v) is 3.43. The molecule has 1 aromatic heterocycles. The summed E-state index contributed by atoms with van der Waals surface area (Å²) in [6.45, 7) is 7.13. The van der Waals surface area contributed by atoms with E-state index in [0.29, 0.717) is 0 Å². The topological polar surface area (TPSA) is 17.0 Å². The molecule has 1 heterocycles. The van der Waals surface area contributed by atoms with E-state index in [4.69, 9.17) is 11.6 Å². The van der Waals surface area contributed by atoms with E-state index in [2.05, 4.69) is 48.1 Å². The quantitative estimate of drug-likeness (QED) is 0.871. The Morgan fingerprint density at radius 1 is 1.17 bits per heavy atom. The summed E-state index contributed by atoms with van der Waals surface area (Å²) in [5, 5.41) is 4.15. The van der Waals surface area contributed by atoms with Gasteiger partial charge in [-0.15, -0.1) is 0 Å². The molecule has 0 atom stereocenters. The molecular weight excluding hydrogens is 244 g/mol. The van der Waals surface area contributed by atoms with Crippen LogP contribution in [0, 0.1) is 6.92 Å². The predicted octanol–water partition coefficient (Wildman–Crippen LogP) is 3.61. The second-order valence-electron chi connectivity index (χ2n) is 4.46. The van der Waals surface area contributed by atoms with Crippen LogP contribution in [0.1, 0.15) is 23.7 Å². The maximum absolute atomic E-state index is 5.89. The highest BCUT2D eigenvalue weighted by molar-refractivity contribution is 6.30. The Hall–Kier alpha value is -1.25. The Morgan fingerprint density at radius 3 is 2.56 bits per heavy atom. The van der Waals surface area contributed by atoms with E-state index in [1.807, 2.05) is 12.1 Å². The second kappa shape index (κ2) is 6.07. The SMILES string of the molecule is CCNCc1ccn(Cc2ccc(Cl)cc2)c1C. The summed E-state index contributed by atoms with van der Waals surface area (Å²) in [5.74, 6) is 0. The minimum atomic E-state index is 0.788. The maximum atomic E-state index is 5.89. The fourth-order valence-corrected chi connectivity index (χ4v) is 2.13. The molecule has 1 N–H and O–H groups in total. The molecule has 0 aliphatic carbocycles. The third kappa shape index (κ3) is 3.15. The average molecular weight is 263 g/mol. The first kappa shape index (κ1) is 13.2. The van der Waals surface area contributed by atoms with E-state index in [0.717, 1.165) is 24.7 Å². The molecule has 0 amide bonds. The van der Waals surface area contributed by atoms with E-state index in [1.54, 1.807) is 0 Å². The first-order chi connectivity index (χ1) is 8.70. The van der Waals surface area contributed by atoms with Crippen LogP contribution in [0.2, 0.25) is 5.02 Å². The van der Waals surface area contributed by atoms with Crippen LogP contribution in [0.25, 0.3) is 0 Å². The summed E-state index contributed by atoms with van der Waals surface area (Å²) in [6.07, 6.45) is 2.15. The highest BCUT2D eigenvalue weighted by Gasteiger charge is 2.04. The zero-order valence-electron chi connectivity index (χ0n) is 10.9. The Balaban J connectivity index is 2.09. The number of hydrogen-bond donors (Lipinski definition) is 1. The standard InChI is InChI=1S/C15H19ClN2/c1-3-17-10-14-8-9-18(12(14)2)11-13-4-6-15(16)7-5-13/h4-9,17H,3,10-11H2,1-2H3. The lowest BCUT2D eigenvalue weighted by atomic mass is 10.2. The molecule has 96 valence electrons. The highest BCUT2D eigenvalue weighted by Crippen LogP contribution is 2.14. The van der Waals surface area contributed by atoms with E-state index in [9.17, 15) is 0 Å². The van der Waals surface area contributed by atoms with Gasteiger partial charge in [-0.05, 0) is 42.8 Å². The molecule has 1 aromatic carbocycles. The normalized spacial score (nSPS) is 10.8. The summed E-state index contributed by atoms with van der Waals surface area (Å²) in [5.41, 5.74) is 3.96. The van der Waals surface area contributed by atoms with Crippen LogP contribution < -0.4 is 5.32 Å². The number of aromatic nitrogens is 1. The Morgan fingerprint density at radius 2 is 1.89 bits per heavy atom. The van der Waals surface area contributed by atoms with Crippen molar-refractivity contribution < 1.29 is 0 Å². The Kier molecular flexibility index (Phi) is 4.45. The predicted molar refractivity (Wildman–Crippen MR) is 77.1 cm³/mol. The van der Waals surface area contributed by atoms with E-state index < -0.39 is 0 Å². The number of nitrogens with zero attached hydrogens (tertiary/aromatic N) is 1. The van der Waals surface area contributed by atoms with Crippen LogP contribution >= 0.6 is 11.6 Å². The van der Waals surface area contributed by atoms with Gasteiger partial charge in [0.05, 0.1) is 0 Å². The molecule has 2 aromatic rings. The van der Waals surface area contributed by atoms with Crippen LogP contribution in [0.4, 0.5) is 0 Å². The van der Waals surface area contributed by atoms with Gasteiger partial charge in [-0.3, -0.25) is 0 Å². The zero-order chi connectivity index (χ0) is 13.0. The molecule has 0 bridgehead atoms. The minimum absolute atomic E-state index is 0.788. The van der Waals surface area contributed by atoms with Gasteiger partial charge in [0.1, 0.15) is 0 Å². The molecule has 0 fully saturated rings. The highest BCUT2D eigenvalue weighted by atomic mass is 35.5. The number of nitrogens with one attached hydrogen (secondary N) is 1. The van der Waals surface area contributed by atoms with Crippen molar-refractivity contribution in [1.82, 2.24) is 9.88 Å². The van der Waals surface area contributed by atoms with Gasteiger partial charge in [-0.1, -0.05) is 30.7 Å². The fourth-order valence-electron chi connectivity index (χ4n) is 2.00. The number of benzene rings is 1.